The van der Waals surface area contributed by atoms with E-state index in [4.69, 9.17) is 4.98 Å². The van der Waals surface area contributed by atoms with Crippen LogP contribution in [0.1, 0.15) is 32.7 Å². The summed E-state index contributed by atoms with van der Waals surface area (Å²) in [6.07, 6.45) is 8.58. The van der Waals surface area contributed by atoms with E-state index >= 15 is 0 Å². The second kappa shape index (κ2) is 8.71. The quantitative estimate of drug-likeness (QED) is 0.387. The zero-order valence-electron chi connectivity index (χ0n) is 18.6. The second-order valence-electron chi connectivity index (χ2n) is 8.24. The van der Waals surface area contributed by atoms with Gasteiger partial charge in [-0.3, -0.25) is 14.8 Å². The highest BCUT2D eigenvalue weighted by Gasteiger charge is 2.16. The second-order valence-corrected chi connectivity index (χ2v) is 8.24. The number of hydrogen-bond acceptors (Lipinski definition) is 4. The lowest BCUT2D eigenvalue weighted by Gasteiger charge is -2.16. The van der Waals surface area contributed by atoms with E-state index in [0.29, 0.717) is 5.56 Å². The minimum absolute atomic E-state index is 0.138. The fourth-order valence-electron chi connectivity index (χ4n) is 3.98. The first-order valence-corrected chi connectivity index (χ1v) is 10.9. The molecule has 0 saturated carbocycles. The monoisotopic (exact) mass is 432 g/mol. The highest BCUT2D eigenvalue weighted by atomic mass is 16.1. The molecular formula is C28H24N4O. The Morgan fingerprint density at radius 1 is 0.939 bits per heavy atom. The number of nitrogens with zero attached hydrogens (tertiary/aromatic N) is 2. The van der Waals surface area contributed by atoms with E-state index in [1.54, 1.807) is 12.4 Å². The van der Waals surface area contributed by atoms with Crippen molar-refractivity contribution >= 4 is 29.0 Å². The van der Waals surface area contributed by atoms with Crippen molar-refractivity contribution in [2.75, 3.05) is 10.6 Å². The van der Waals surface area contributed by atoms with Crippen LogP contribution in [0.25, 0.3) is 17.3 Å². The molecular weight excluding hydrogens is 408 g/mol. The number of allylic oxidation sites excluding steroid dienone is 1. The normalized spacial score (nSPS) is 11.8. The number of nitrogens with one attached hydrogen (secondary N) is 2. The number of rotatable bonds is 5. The number of benzene rings is 2. The van der Waals surface area contributed by atoms with Crippen molar-refractivity contribution in [3.8, 4) is 11.3 Å². The van der Waals surface area contributed by atoms with Gasteiger partial charge in [0.15, 0.2) is 0 Å². The van der Waals surface area contributed by atoms with Crippen LogP contribution in [-0.4, -0.2) is 15.9 Å². The molecule has 162 valence electrons. The summed E-state index contributed by atoms with van der Waals surface area (Å²) >= 11 is 0. The van der Waals surface area contributed by atoms with Crippen LogP contribution < -0.4 is 10.6 Å². The van der Waals surface area contributed by atoms with Crippen molar-refractivity contribution in [3.63, 3.8) is 0 Å². The molecule has 1 amide bonds. The van der Waals surface area contributed by atoms with E-state index in [-0.39, 0.29) is 5.91 Å². The Bertz CT molecular complexity index is 1380. The van der Waals surface area contributed by atoms with Crippen LogP contribution in [0.3, 0.4) is 0 Å². The van der Waals surface area contributed by atoms with Gasteiger partial charge in [0.25, 0.3) is 5.91 Å². The lowest BCUT2D eigenvalue weighted by molar-refractivity contribution is 0.102. The van der Waals surface area contributed by atoms with Crippen LogP contribution >= 0.6 is 0 Å². The minimum atomic E-state index is -0.138. The van der Waals surface area contributed by atoms with Gasteiger partial charge in [0.05, 0.1) is 11.4 Å². The third kappa shape index (κ3) is 4.39. The Hall–Kier alpha value is -4.25. The minimum Gasteiger partial charge on any atom is -0.355 e. The smallest absolute Gasteiger partial charge is 0.255 e. The molecule has 2 heterocycles. The number of carbonyl (C=O) groups is 1. The molecule has 0 bridgehead atoms. The van der Waals surface area contributed by atoms with Gasteiger partial charge in [-0.1, -0.05) is 30.4 Å². The summed E-state index contributed by atoms with van der Waals surface area (Å²) < 4.78 is 0. The maximum atomic E-state index is 12.9. The van der Waals surface area contributed by atoms with Crippen LogP contribution in [0.15, 0.2) is 79.1 Å². The molecule has 1 aliphatic carbocycles. The number of carbonyl (C=O) groups excluding carboxylic acids is 1. The summed E-state index contributed by atoms with van der Waals surface area (Å²) in [6.45, 7) is 4.04. The molecule has 2 aromatic carbocycles. The molecule has 5 heteroatoms. The summed E-state index contributed by atoms with van der Waals surface area (Å²) in [5, 5.41) is 6.55. The predicted octanol–water partition coefficient (Wildman–Crippen LogP) is 6.33. The summed E-state index contributed by atoms with van der Waals surface area (Å²) in [5.74, 6) is -0.138. The molecule has 0 aliphatic heterocycles. The summed E-state index contributed by atoms with van der Waals surface area (Å²) in [6, 6.07) is 19.5. The van der Waals surface area contributed by atoms with Crippen LogP contribution in [-0.2, 0) is 6.42 Å². The molecule has 5 rings (SSSR count). The molecule has 2 aromatic heterocycles. The number of anilines is 3. The molecule has 1 aliphatic rings. The fraction of sp³-hybridized carbons (Fsp3) is 0.107. The van der Waals surface area contributed by atoms with Crippen LogP contribution in [0.5, 0.6) is 0 Å². The topological polar surface area (TPSA) is 66.9 Å². The Labute approximate surface area is 193 Å². The summed E-state index contributed by atoms with van der Waals surface area (Å²) in [4.78, 5) is 21.9. The first kappa shape index (κ1) is 20.6. The molecule has 5 nitrogen and oxygen atoms in total. The Morgan fingerprint density at radius 2 is 1.79 bits per heavy atom. The van der Waals surface area contributed by atoms with Gasteiger partial charge in [-0.25, -0.2) is 0 Å². The van der Waals surface area contributed by atoms with Gasteiger partial charge < -0.3 is 10.6 Å². The molecule has 0 spiro atoms. The zero-order valence-corrected chi connectivity index (χ0v) is 18.6. The molecule has 0 saturated heterocycles. The lowest BCUT2D eigenvalue weighted by atomic mass is 10.1. The van der Waals surface area contributed by atoms with Gasteiger partial charge in [0.1, 0.15) is 0 Å². The van der Waals surface area contributed by atoms with E-state index in [1.165, 1.54) is 0 Å². The largest absolute Gasteiger partial charge is 0.355 e. The third-order valence-electron chi connectivity index (χ3n) is 5.75. The van der Waals surface area contributed by atoms with Gasteiger partial charge in [0.2, 0.25) is 0 Å². The number of aryl methyl sites for hydroxylation is 2. The molecule has 0 fully saturated rings. The highest BCUT2D eigenvalue weighted by molar-refractivity contribution is 6.05. The summed E-state index contributed by atoms with van der Waals surface area (Å²) in [7, 11) is 0. The average molecular weight is 433 g/mol. The van der Waals surface area contributed by atoms with Gasteiger partial charge in [-0.05, 0) is 67.4 Å². The number of pyridine rings is 2. The maximum Gasteiger partial charge on any atom is 0.255 e. The van der Waals surface area contributed by atoms with E-state index < -0.39 is 0 Å². The zero-order chi connectivity index (χ0) is 22.8. The van der Waals surface area contributed by atoms with E-state index in [0.717, 1.165) is 57.1 Å². The molecule has 2 N–H and O–H groups in total. The van der Waals surface area contributed by atoms with Crippen LogP contribution in [0, 0.1) is 13.8 Å². The Morgan fingerprint density at radius 3 is 2.61 bits per heavy atom. The third-order valence-corrected chi connectivity index (χ3v) is 5.75. The van der Waals surface area contributed by atoms with Crippen molar-refractivity contribution in [2.24, 2.45) is 0 Å². The fourth-order valence-corrected chi connectivity index (χ4v) is 3.98. The Balaban J connectivity index is 1.47. The van der Waals surface area contributed by atoms with Crippen molar-refractivity contribution in [1.29, 1.82) is 0 Å². The maximum absolute atomic E-state index is 12.9. The molecule has 33 heavy (non-hydrogen) atoms. The number of hydrogen-bond donors (Lipinski definition) is 2. The van der Waals surface area contributed by atoms with E-state index in [9.17, 15) is 4.79 Å². The highest BCUT2D eigenvalue weighted by Crippen LogP contribution is 2.33. The first-order chi connectivity index (χ1) is 16.1. The van der Waals surface area contributed by atoms with Gasteiger partial charge in [-0.2, -0.15) is 0 Å². The molecule has 0 unspecified atom stereocenters. The van der Waals surface area contributed by atoms with Crippen molar-refractivity contribution in [3.05, 3.63) is 107 Å². The SMILES string of the molecule is Cc1cccc(NC(=O)c2ccc(C)c(Nc3cc(-c4ccncc4)nc4c3C=CC4)c2)c1. The molecule has 0 atom stereocenters. The van der Waals surface area contributed by atoms with E-state index in [2.05, 4.69) is 33.8 Å². The van der Waals surface area contributed by atoms with Crippen LogP contribution in [0.4, 0.5) is 17.1 Å². The number of amides is 1. The lowest BCUT2D eigenvalue weighted by Crippen LogP contribution is -2.12. The number of fused-ring (bicyclic) bond motifs is 1. The predicted molar refractivity (Wildman–Crippen MR) is 134 cm³/mol. The van der Waals surface area contributed by atoms with Gasteiger partial charge >= 0.3 is 0 Å². The number of aromatic nitrogens is 2. The van der Waals surface area contributed by atoms with Gasteiger partial charge in [0, 0.05) is 52.6 Å². The van der Waals surface area contributed by atoms with Crippen LogP contribution in [0.2, 0.25) is 0 Å². The van der Waals surface area contributed by atoms with Crippen molar-refractivity contribution < 1.29 is 4.79 Å². The standard InChI is InChI=1S/C28H24N4O/c1-18-5-3-6-22(15-18)30-28(33)21-10-9-19(2)25(16-21)32-27-17-26(20-11-13-29-14-12-20)31-24-8-4-7-23(24)27/h3-7,9-17H,8H2,1-2H3,(H,30,33)(H,31,32). The first-order valence-electron chi connectivity index (χ1n) is 10.9. The van der Waals surface area contributed by atoms with Crippen molar-refractivity contribution in [2.45, 2.75) is 20.3 Å². The van der Waals surface area contributed by atoms with E-state index in [1.807, 2.05) is 68.4 Å². The summed E-state index contributed by atoms with van der Waals surface area (Å²) in [5.41, 5.74) is 9.44. The average Bonchev–Trinajstić information content (AvgIpc) is 3.30. The Kier molecular flexibility index (Phi) is 5.45. The van der Waals surface area contributed by atoms with Gasteiger partial charge in [-0.15, -0.1) is 0 Å². The van der Waals surface area contributed by atoms with Crippen molar-refractivity contribution in [1.82, 2.24) is 9.97 Å². The molecule has 0 radical (unpaired) electrons. The molecule has 4 aromatic rings.